The summed E-state index contributed by atoms with van der Waals surface area (Å²) in [6.45, 7) is 4.89. The standard InChI is InChI=1S/C19H20O4/c1-3-22-18-12-15(9-11-19(20)21)8-10-17(18)23-13-16-6-4-14(2)5-7-16/h4-12H,3,13H2,1-2H3,(H,20,21). The van der Waals surface area contributed by atoms with E-state index in [1.54, 1.807) is 18.2 Å². The molecule has 1 N–H and O–H groups in total. The molecule has 0 heterocycles. The van der Waals surface area contributed by atoms with Gasteiger partial charge in [-0.25, -0.2) is 4.79 Å². The quantitative estimate of drug-likeness (QED) is 0.783. The summed E-state index contributed by atoms with van der Waals surface area (Å²) in [5, 5.41) is 8.69. The van der Waals surface area contributed by atoms with Crippen LogP contribution in [-0.4, -0.2) is 17.7 Å². The van der Waals surface area contributed by atoms with Crippen LogP contribution in [0.5, 0.6) is 11.5 Å². The number of ether oxygens (including phenoxy) is 2. The summed E-state index contributed by atoms with van der Waals surface area (Å²) in [5.41, 5.74) is 3.03. The van der Waals surface area contributed by atoms with Gasteiger partial charge in [-0.3, -0.25) is 0 Å². The Kier molecular flexibility index (Phi) is 5.80. The van der Waals surface area contributed by atoms with Crippen molar-refractivity contribution in [3.63, 3.8) is 0 Å². The largest absolute Gasteiger partial charge is 0.490 e. The van der Waals surface area contributed by atoms with Gasteiger partial charge in [-0.05, 0) is 43.2 Å². The molecule has 0 atom stereocenters. The molecular formula is C19H20O4. The zero-order valence-corrected chi connectivity index (χ0v) is 13.3. The van der Waals surface area contributed by atoms with Gasteiger partial charge in [0, 0.05) is 6.08 Å². The predicted molar refractivity (Wildman–Crippen MR) is 89.8 cm³/mol. The van der Waals surface area contributed by atoms with Crippen LogP contribution in [0.3, 0.4) is 0 Å². The number of aliphatic carboxylic acids is 1. The Hall–Kier alpha value is -2.75. The van der Waals surface area contributed by atoms with E-state index >= 15 is 0 Å². The van der Waals surface area contributed by atoms with Gasteiger partial charge in [0.15, 0.2) is 11.5 Å². The average Bonchev–Trinajstić information content (AvgIpc) is 2.54. The van der Waals surface area contributed by atoms with Crippen molar-refractivity contribution in [2.75, 3.05) is 6.61 Å². The second-order valence-electron chi connectivity index (χ2n) is 5.09. The fraction of sp³-hybridized carbons (Fsp3) is 0.211. The van der Waals surface area contributed by atoms with Crippen LogP contribution >= 0.6 is 0 Å². The van der Waals surface area contributed by atoms with Gasteiger partial charge in [0.2, 0.25) is 0 Å². The number of hydrogen-bond acceptors (Lipinski definition) is 3. The zero-order chi connectivity index (χ0) is 16.7. The molecule has 4 nitrogen and oxygen atoms in total. The lowest BCUT2D eigenvalue weighted by molar-refractivity contribution is -0.131. The molecule has 0 fully saturated rings. The lowest BCUT2D eigenvalue weighted by atomic mass is 10.1. The lowest BCUT2D eigenvalue weighted by Gasteiger charge is -2.13. The van der Waals surface area contributed by atoms with Gasteiger partial charge in [-0.15, -0.1) is 0 Å². The third-order valence-electron chi connectivity index (χ3n) is 3.20. The van der Waals surface area contributed by atoms with Gasteiger partial charge < -0.3 is 14.6 Å². The first-order valence-electron chi connectivity index (χ1n) is 7.44. The Morgan fingerprint density at radius 1 is 1.09 bits per heavy atom. The van der Waals surface area contributed by atoms with Crippen LogP contribution in [0.1, 0.15) is 23.6 Å². The van der Waals surface area contributed by atoms with Crippen LogP contribution in [0.15, 0.2) is 48.5 Å². The minimum absolute atomic E-state index is 0.449. The van der Waals surface area contributed by atoms with Crippen LogP contribution in [0.25, 0.3) is 6.08 Å². The molecule has 0 spiro atoms. The van der Waals surface area contributed by atoms with E-state index in [9.17, 15) is 4.79 Å². The number of benzene rings is 2. The molecule has 0 saturated heterocycles. The van der Waals surface area contributed by atoms with Gasteiger partial charge >= 0.3 is 5.97 Å². The van der Waals surface area contributed by atoms with Crippen molar-refractivity contribution >= 4 is 12.0 Å². The van der Waals surface area contributed by atoms with Crippen molar-refractivity contribution in [2.45, 2.75) is 20.5 Å². The van der Waals surface area contributed by atoms with Gasteiger partial charge in [-0.2, -0.15) is 0 Å². The molecule has 0 radical (unpaired) electrons. The first-order chi connectivity index (χ1) is 11.1. The molecule has 0 unspecified atom stereocenters. The summed E-state index contributed by atoms with van der Waals surface area (Å²) in [5.74, 6) is 0.259. The smallest absolute Gasteiger partial charge is 0.328 e. The Bertz CT molecular complexity index is 687. The minimum atomic E-state index is -0.984. The number of rotatable bonds is 7. The minimum Gasteiger partial charge on any atom is -0.490 e. The van der Waals surface area contributed by atoms with Crippen LogP contribution in [0.2, 0.25) is 0 Å². The predicted octanol–water partition coefficient (Wildman–Crippen LogP) is 4.07. The molecule has 0 bridgehead atoms. The van der Waals surface area contributed by atoms with Crippen molar-refractivity contribution in [1.82, 2.24) is 0 Å². The second-order valence-corrected chi connectivity index (χ2v) is 5.09. The number of hydrogen-bond donors (Lipinski definition) is 1. The maximum Gasteiger partial charge on any atom is 0.328 e. The molecule has 4 heteroatoms. The normalized spacial score (nSPS) is 10.7. The first-order valence-corrected chi connectivity index (χ1v) is 7.44. The maximum atomic E-state index is 10.6. The van der Waals surface area contributed by atoms with Gasteiger partial charge in [0.05, 0.1) is 6.61 Å². The van der Waals surface area contributed by atoms with E-state index in [4.69, 9.17) is 14.6 Å². The summed E-state index contributed by atoms with van der Waals surface area (Å²) in [7, 11) is 0. The zero-order valence-electron chi connectivity index (χ0n) is 13.3. The van der Waals surface area contributed by atoms with E-state index in [1.807, 2.05) is 38.1 Å². The lowest BCUT2D eigenvalue weighted by Crippen LogP contribution is -2.00. The number of carboxylic acid groups (broad SMARTS) is 1. The highest BCUT2D eigenvalue weighted by atomic mass is 16.5. The highest BCUT2D eigenvalue weighted by molar-refractivity contribution is 5.85. The van der Waals surface area contributed by atoms with Crippen LogP contribution in [0.4, 0.5) is 0 Å². The fourth-order valence-corrected chi connectivity index (χ4v) is 2.03. The molecule has 23 heavy (non-hydrogen) atoms. The Balaban J connectivity index is 2.13. The van der Waals surface area contributed by atoms with Gasteiger partial charge in [0.25, 0.3) is 0 Å². The molecule has 120 valence electrons. The molecule has 0 aliphatic rings. The summed E-state index contributed by atoms with van der Waals surface area (Å²) < 4.78 is 11.4. The average molecular weight is 312 g/mol. The highest BCUT2D eigenvalue weighted by Crippen LogP contribution is 2.29. The highest BCUT2D eigenvalue weighted by Gasteiger charge is 2.06. The van der Waals surface area contributed by atoms with Crippen LogP contribution in [0, 0.1) is 6.92 Å². The molecule has 2 aromatic rings. The molecule has 0 aliphatic heterocycles. The molecular weight excluding hydrogens is 292 g/mol. The van der Waals surface area contributed by atoms with Gasteiger partial charge in [-0.1, -0.05) is 35.9 Å². The summed E-state index contributed by atoms with van der Waals surface area (Å²) >= 11 is 0. The van der Waals surface area contributed by atoms with E-state index in [0.717, 1.165) is 17.2 Å². The Labute approximate surface area is 136 Å². The number of aryl methyl sites for hydroxylation is 1. The van der Waals surface area contributed by atoms with Crippen molar-refractivity contribution in [3.05, 3.63) is 65.2 Å². The molecule has 2 rings (SSSR count). The molecule has 0 saturated carbocycles. The van der Waals surface area contributed by atoms with Crippen molar-refractivity contribution in [3.8, 4) is 11.5 Å². The van der Waals surface area contributed by atoms with E-state index in [0.29, 0.717) is 24.7 Å². The fourth-order valence-electron chi connectivity index (χ4n) is 2.03. The Morgan fingerprint density at radius 3 is 2.48 bits per heavy atom. The molecule has 0 aromatic heterocycles. The van der Waals surface area contributed by atoms with E-state index in [2.05, 4.69) is 0 Å². The first kappa shape index (κ1) is 16.6. The monoisotopic (exact) mass is 312 g/mol. The van der Waals surface area contributed by atoms with E-state index in [-0.39, 0.29) is 0 Å². The van der Waals surface area contributed by atoms with Crippen molar-refractivity contribution in [1.29, 1.82) is 0 Å². The summed E-state index contributed by atoms with van der Waals surface area (Å²) in [6.07, 6.45) is 2.62. The summed E-state index contributed by atoms with van der Waals surface area (Å²) in [6, 6.07) is 13.5. The third-order valence-corrected chi connectivity index (χ3v) is 3.20. The van der Waals surface area contributed by atoms with Crippen LogP contribution in [-0.2, 0) is 11.4 Å². The van der Waals surface area contributed by atoms with Crippen LogP contribution < -0.4 is 9.47 Å². The Morgan fingerprint density at radius 2 is 1.83 bits per heavy atom. The topological polar surface area (TPSA) is 55.8 Å². The number of carbonyl (C=O) groups is 1. The van der Waals surface area contributed by atoms with Crippen molar-refractivity contribution in [2.24, 2.45) is 0 Å². The molecule has 0 amide bonds. The maximum absolute atomic E-state index is 10.6. The second kappa shape index (κ2) is 8.03. The molecule has 0 aliphatic carbocycles. The summed E-state index contributed by atoms with van der Waals surface area (Å²) in [4.78, 5) is 10.6. The SMILES string of the molecule is CCOc1cc(C=CC(=O)O)ccc1OCc1ccc(C)cc1. The van der Waals surface area contributed by atoms with E-state index < -0.39 is 5.97 Å². The molecule has 2 aromatic carbocycles. The van der Waals surface area contributed by atoms with Gasteiger partial charge in [0.1, 0.15) is 6.61 Å². The van der Waals surface area contributed by atoms with E-state index in [1.165, 1.54) is 11.6 Å². The third kappa shape index (κ3) is 5.18. The van der Waals surface area contributed by atoms with Crippen molar-refractivity contribution < 1.29 is 19.4 Å². The number of carboxylic acids is 1.